The van der Waals surface area contributed by atoms with Crippen molar-refractivity contribution in [3.05, 3.63) is 0 Å². The molecule has 0 amide bonds. The molecule has 0 bridgehead atoms. The van der Waals surface area contributed by atoms with Crippen molar-refractivity contribution >= 4 is 19.9 Å². The lowest BCUT2D eigenvalue weighted by Crippen LogP contribution is -2.45. The summed E-state index contributed by atoms with van der Waals surface area (Å²) in [7, 11) is -6.64. The summed E-state index contributed by atoms with van der Waals surface area (Å²) < 4.78 is 47.7. The summed E-state index contributed by atoms with van der Waals surface area (Å²) in [5.41, 5.74) is 0. The first-order valence-electron chi connectivity index (χ1n) is 6.05. The number of hydrogen-bond donors (Lipinski definition) is 2. The van der Waals surface area contributed by atoms with Crippen LogP contribution in [0.1, 0.15) is 32.1 Å². The molecule has 1 aliphatic rings. The van der Waals surface area contributed by atoms with Gasteiger partial charge in [0.25, 0.3) is 0 Å². The molecule has 1 fully saturated rings. The lowest BCUT2D eigenvalue weighted by atomic mass is 9.93. The van der Waals surface area contributed by atoms with Crippen molar-refractivity contribution < 1.29 is 21.9 Å². The van der Waals surface area contributed by atoms with Gasteiger partial charge < -0.3 is 5.11 Å². The first-order valence-corrected chi connectivity index (χ1v) is 9.77. The first-order chi connectivity index (χ1) is 8.20. The van der Waals surface area contributed by atoms with Crippen molar-refractivity contribution in [3.63, 3.8) is 0 Å². The minimum atomic E-state index is -3.51. The second-order valence-electron chi connectivity index (χ2n) is 4.88. The molecule has 0 saturated heterocycles. The topological polar surface area (TPSA) is 101 Å². The largest absolute Gasteiger partial charge is 0.391 e. The Morgan fingerprint density at radius 1 is 1.11 bits per heavy atom. The third-order valence-electron chi connectivity index (χ3n) is 2.99. The SMILES string of the molecule is CS(=O)(=O)CCCS(=O)(=O)NC1CCCCC1O. The van der Waals surface area contributed by atoms with Gasteiger partial charge in [-0.05, 0) is 19.3 Å². The average Bonchev–Trinajstić information content (AvgIpc) is 2.18. The molecule has 6 nitrogen and oxygen atoms in total. The molecule has 108 valence electrons. The molecule has 1 saturated carbocycles. The fraction of sp³-hybridized carbons (Fsp3) is 1.00. The van der Waals surface area contributed by atoms with E-state index in [2.05, 4.69) is 4.72 Å². The first kappa shape index (κ1) is 15.9. The summed E-state index contributed by atoms with van der Waals surface area (Å²) in [6.45, 7) is 0. The van der Waals surface area contributed by atoms with Crippen molar-refractivity contribution in [1.29, 1.82) is 0 Å². The van der Waals surface area contributed by atoms with Crippen LogP contribution in [-0.4, -0.2) is 51.8 Å². The molecule has 8 heteroatoms. The van der Waals surface area contributed by atoms with E-state index < -0.39 is 32.0 Å². The van der Waals surface area contributed by atoms with Crippen molar-refractivity contribution in [2.75, 3.05) is 17.8 Å². The number of aliphatic hydroxyl groups excluding tert-OH is 1. The maximum atomic E-state index is 11.7. The highest BCUT2D eigenvalue weighted by Gasteiger charge is 2.27. The second-order valence-corrected chi connectivity index (χ2v) is 9.01. The molecule has 2 atom stereocenters. The Balaban J connectivity index is 2.44. The van der Waals surface area contributed by atoms with E-state index in [0.29, 0.717) is 12.8 Å². The summed E-state index contributed by atoms with van der Waals surface area (Å²) in [6, 6.07) is -0.429. The van der Waals surface area contributed by atoms with E-state index in [1.807, 2.05) is 0 Å². The van der Waals surface area contributed by atoms with E-state index >= 15 is 0 Å². The molecule has 18 heavy (non-hydrogen) atoms. The standard InChI is InChI=1S/C10H21NO5S2/c1-17(13,14)7-4-8-18(15,16)11-9-5-2-3-6-10(9)12/h9-12H,2-8H2,1H3. The van der Waals surface area contributed by atoms with Crippen LogP contribution in [0, 0.1) is 0 Å². The summed E-state index contributed by atoms with van der Waals surface area (Å²) in [4.78, 5) is 0. The van der Waals surface area contributed by atoms with Gasteiger partial charge in [-0.25, -0.2) is 21.6 Å². The van der Waals surface area contributed by atoms with E-state index in [4.69, 9.17) is 0 Å². The molecule has 0 aromatic heterocycles. The van der Waals surface area contributed by atoms with Gasteiger partial charge in [-0.3, -0.25) is 0 Å². The van der Waals surface area contributed by atoms with Gasteiger partial charge >= 0.3 is 0 Å². The van der Waals surface area contributed by atoms with Gasteiger partial charge in [-0.1, -0.05) is 12.8 Å². The van der Waals surface area contributed by atoms with Gasteiger partial charge in [0.15, 0.2) is 0 Å². The number of rotatable bonds is 6. The molecule has 0 aliphatic heterocycles. The molecule has 1 rings (SSSR count). The summed E-state index contributed by atoms with van der Waals surface area (Å²) in [5, 5.41) is 9.66. The Hall–Kier alpha value is -0.180. The smallest absolute Gasteiger partial charge is 0.211 e. The summed E-state index contributed by atoms with van der Waals surface area (Å²) >= 11 is 0. The van der Waals surface area contributed by atoms with Crippen molar-refractivity contribution in [2.24, 2.45) is 0 Å². The van der Waals surface area contributed by atoms with Crippen LogP contribution in [-0.2, 0) is 19.9 Å². The van der Waals surface area contributed by atoms with Crippen molar-refractivity contribution in [2.45, 2.75) is 44.2 Å². The maximum Gasteiger partial charge on any atom is 0.211 e. The number of nitrogens with one attached hydrogen (secondary N) is 1. The van der Waals surface area contributed by atoms with Gasteiger partial charge in [-0.2, -0.15) is 0 Å². The second kappa shape index (κ2) is 6.31. The number of aliphatic hydroxyl groups is 1. The lowest BCUT2D eigenvalue weighted by molar-refractivity contribution is 0.101. The molecule has 0 spiro atoms. The van der Waals surface area contributed by atoms with Crippen LogP contribution in [0.15, 0.2) is 0 Å². The van der Waals surface area contributed by atoms with Crippen LogP contribution in [0.2, 0.25) is 0 Å². The van der Waals surface area contributed by atoms with E-state index in [1.54, 1.807) is 0 Å². The van der Waals surface area contributed by atoms with E-state index in [-0.39, 0.29) is 17.9 Å². The average molecular weight is 299 g/mol. The highest BCUT2D eigenvalue weighted by molar-refractivity contribution is 7.91. The zero-order valence-electron chi connectivity index (χ0n) is 10.5. The normalized spacial score (nSPS) is 26.1. The molecular formula is C10H21NO5S2. The minimum Gasteiger partial charge on any atom is -0.391 e. The van der Waals surface area contributed by atoms with E-state index in [0.717, 1.165) is 19.1 Å². The van der Waals surface area contributed by atoms with Crippen LogP contribution < -0.4 is 4.72 Å². The maximum absolute atomic E-state index is 11.7. The van der Waals surface area contributed by atoms with Crippen LogP contribution in [0.25, 0.3) is 0 Å². The number of sulfone groups is 1. The van der Waals surface area contributed by atoms with Crippen molar-refractivity contribution in [1.82, 2.24) is 4.72 Å². The predicted octanol–water partition coefficient (Wildman–Crippen LogP) is -0.356. The minimum absolute atomic E-state index is 0.0803. The molecule has 0 radical (unpaired) electrons. The van der Waals surface area contributed by atoms with Gasteiger partial charge in [-0.15, -0.1) is 0 Å². The van der Waals surface area contributed by atoms with Crippen LogP contribution >= 0.6 is 0 Å². The summed E-state index contributed by atoms with van der Waals surface area (Å²) in [6.07, 6.45) is 3.57. The quantitative estimate of drug-likeness (QED) is 0.698. The predicted molar refractivity (Wildman–Crippen MR) is 69.5 cm³/mol. The zero-order chi connectivity index (χ0) is 13.8. The Bertz CT molecular complexity index is 457. The fourth-order valence-corrected chi connectivity index (χ4v) is 4.28. The van der Waals surface area contributed by atoms with Crippen LogP contribution in [0.3, 0.4) is 0 Å². The molecule has 1 aliphatic carbocycles. The molecule has 0 heterocycles. The number of hydrogen-bond acceptors (Lipinski definition) is 5. The Morgan fingerprint density at radius 3 is 2.28 bits per heavy atom. The van der Waals surface area contributed by atoms with Crippen LogP contribution in [0.5, 0.6) is 0 Å². The third kappa shape index (κ3) is 6.12. The lowest BCUT2D eigenvalue weighted by Gasteiger charge is -2.28. The molecular weight excluding hydrogens is 278 g/mol. The Morgan fingerprint density at radius 2 is 1.72 bits per heavy atom. The Kier molecular flexibility index (Phi) is 5.57. The van der Waals surface area contributed by atoms with Crippen molar-refractivity contribution in [3.8, 4) is 0 Å². The van der Waals surface area contributed by atoms with Gasteiger partial charge in [0.05, 0.1) is 17.6 Å². The number of sulfonamides is 1. The van der Waals surface area contributed by atoms with E-state index in [1.165, 1.54) is 0 Å². The molecule has 2 unspecified atom stereocenters. The molecule has 2 N–H and O–H groups in total. The summed E-state index contributed by atoms with van der Waals surface area (Å²) in [5.74, 6) is -0.357. The Labute approximate surface area is 109 Å². The third-order valence-corrected chi connectivity index (χ3v) is 5.51. The molecule has 0 aromatic carbocycles. The van der Waals surface area contributed by atoms with Gasteiger partial charge in [0, 0.05) is 12.3 Å². The monoisotopic (exact) mass is 299 g/mol. The fourth-order valence-electron chi connectivity index (χ4n) is 2.05. The highest BCUT2D eigenvalue weighted by atomic mass is 32.2. The zero-order valence-corrected chi connectivity index (χ0v) is 12.1. The highest BCUT2D eigenvalue weighted by Crippen LogP contribution is 2.19. The van der Waals surface area contributed by atoms with Crippen LogP contribution in [0.4, 0.5) is 0 Å². The van der Waals surface area contributed by atoms with Gasteiger partial charge in [0.1, 0.15) is 9.84 Å². The van der Waals surface area contributed by atoms with Gasteiger partial charge in [0.2, 0.25) is 10.0 Å². The van der Waals surface area contributed by atoms with E-state index in [9.17, 15) is 21.9 Å². The molecule has 0 aromatic rings.